The van der Waals surface area contributed by atoms with Gasteiger partial charge in [0.2, 0.25) is 0 Å². The SMILES string of the molecule is CCC1(CC)C(=O)NC(=O)N1CCC(C)C. The van der Waals surface area contributed by atoms with Crippen molar-refractivity contribution < 1.29 is 9.59 Å². The van der Waals surface area contributed by atoms with Crippen LogP contribution >= 0.6 is 0 Å². The molecule has 4 nitrogen and oxygen atoms in total. The topological polar surface area (TPSA) is 49.4 Å². The van der Waals surface area contributed by atoms with Gasteiger partial charge in [-0.15, -0.1) is 0 Å². The van der Waals surface area contributed by atoms with Crippen LogP contribution in [0.1, 0.15) is 47.0 Å². The van der Waals surface area contributed by atoms with Gasteiger partial charge in [-0.3, -0.25) is 10.1 Å². The number of carbonyl (C=O) groups is 2. The minimum atomic E-state index is -0.605. The summed E-state index contributed by atoms with van der Waals surface area (Å²) >= 11 is 0. The fourth-order valence-electron chi connectivity index (χ4n) is 2.25. The Balaban J connectivity index is 2.85. The number of rotatable bonds is 5. The summed E-state index contributed by atoms with van der Waals surface area (Å²) in [6, 6.07) is -0.227. The van der Waals surface area contributed by atoms with E-state index < -0.39 is 5.54 Å². The highest BCUT2D eigenvalue weighted by molar-refractivity contribution is 6.06. The largest absolute Gasteiger partial charge is 0.325 e. The minimum absolute atomic E-state index is 0.133. The Morgan fingerprint density at radius 3 is 2.25 bits per heavy atom. The number of amides is 3. The maximum Gasteiger partial charge on any atom is 0.325 e. The van der Waals surface area contributed by atoms with Crippen molar-refractivity contribution in [3.05, 3.63) is 0 Å². The predicted octanol–water partition coefficient (Wildman–Crippen LogP) is 2.14. The van der Waals surface area contributed by atoms with Crippen LogP contribution in [0.25, 0.3) is 0 Å². The Labute approximate surface area is 97.4 Å². The van der Waals surface area contributed by atoms with Gasteiger partial charge in [0, 0.05) is 6.54 Å². The molecule has 16 heavy (non-hydrogen) atoms. The molecule has 1 aliphatic rings. The molecule has 0 atom stereocenters. The average molecular weight is 226 g/mol. The summed E-state index contributed by atoms with van der Waals surface area (Å²) in [4.78, 5) is 25.3. The smallest absolute Gasteiger partial charge is 0.310 e. The molecule has 0 saturated carbocycles. The van der Waals surface area contributed by atoms with Crippen LogP contribution in [0.5, 0.6) is 0 Å². The monoisotopic (exact) mass is 226 g/mol. The van der Waals surface area contributed by atoms with Crippen LogP contribution in [0.2, 0.25) is 0 Å². The third-order valence-corrected chi connectivity index (χ3v) is 3.50. The Kier molecular flexibility index (Phi) is 3.94. The van der Waals surface area contributed by atoms with E-state index in [1.807, 2.05) is 13.8 Å². The molecule has 3 amide bonds. The van der Waals surface area contributed by atoms with Gasteiger partial charge in [0.1, 0.15) is 5.54 Å². The number of nitrogens with zero attached hydrogens (tertiary/aromatic N) is 1. The molecule has 1 fully saturated rings. The number of imide groups is 1. The zero-order valence-electron chi connectivity index (χ0n) is 10.7. The summed E-state index contributed by atoms with van der Waals surface area (Å²) < 4.78 is 0. The molecular weight excluding hydrogens is 204 g/mol. The van der Waals surface area contributed by atoms with E-state index in [-0.39, 0.29) is 11.9 Å². The number of hydrogen-bond donors (Lipinski definition) is 1. The molecular formula is C12H22N2O2. The highest BCUT2D eigenvalue weighted by atomic mass is 16.2. The molecule has 0 radical (unpaired) electrons. The Bertz CT molecular complexity index is 283. The van der Waals surface area contributed by atoms with Gasteiger partial charge in [0.15, 0.2) is 0 Å². The lowest BCUT2D eigenvalue weighted by Crippen LogP contribution is -2.49. The third-order valence-electron chi connectivity index (χ3n) is 3.50. The van der Waals surface area contributed by atoms with E-state index in [9.17, 15) is 9.59 Å². The van der Waals surface area contributed by atoms with Crippen LogP contribution in [0.3, 0.4) is 0 Å². The second-order valence-electron chi connectivity index (χ2n) is 4.83. The van der Waals surface area contributed by atoms with E-state index in [1.165, 1.54) is 0 Å². The fourth-order valence-corrected chi connectivity index (χ4v) is 2.25. The maximum atomic E-state index is 11.9. The van der Waals surface area contributed by atoms with E-state index in [4.69, 9.17) is 0 Å². The molecule has 0 aromatic rings. The third kappa shape index (κ3) is 2.06. The highest BCUT2D eigenvalue weighted by Gasteiger charge is 2.49. The summed E-state index contributed by atoms with van der Waals surface area (Å²) in [7, 11) is 0. The predicted molar refractivity (Wildman–Crippen MR) is 63.0 cm³/mol. The van der Waals surface area contributed by atoms with Crippen LogP contribution in [0.4, 0.5) is 4.79 Å². The molecule has 1 saturated heterocycles. The van der Waals surface area contributed by atoms with Crippen LogP contribution < -0.4 is 5.32 Å². The zero-order chi connectivity index (χ0) is 12.3. The van der Waals surface area contributed by atoms with Crippen LogP contribution in [-0.4, -0.2) is 28.9 Å². The van der Waals surface area contributed by atoms with Crippen molar-refractivity contribution in [1.29, 1.82) is 0 Å². The molecule has 1 rings (SSSR count). The molecule has 1 aliphatic heterocycles. The molecule has 1 heterocycles. The van der Waals surface area contributed by atoms with Crippen LogP contribution in [0, 0.1) is 5.92 Å². The van der Waals surface area contributed by atoms with Gasteiger partial charge in [0.25, 0.3) is 5.91 Å². The van der Waals surface area contributed by atoms with Gasteiger partial charge in [-0.1, -0.05) is 27.7 Å². The molecule has 0 aromatic carbocycles. The Morgan fingerprint density at radius 2 is 1.81 bits per heavy atom. The fraction of sp³-hybridized carbons (Fsp3) is 0.833. The van der Waals surface area contributed by atoms with E-state index >= 15 is 0 Å². The van der Waals surface area contributed by atoms with Gasteiger partial charge in [-0.2, -0.15) is 0 Å². The second kappa shape index (κ2) is 4.85. The summed E-state index contributed by atoms with van der Waals surface area (Å²) in [6.45, 7) is 8.83. The van der Waals surface area contributed by atoms with Crippen molar-refractivity contribution in [3.63, 3.8) is 0 Å². The van der Waals surface area contributed by atoms with Crippen molar-refractivity contribution in [1.82, 2.24) is 10.2 Å². The highest BCUT2D eigenvalue weighted by Crippen LogP contribution is 2.29. The zero-order valence-corrected chi connectivity index (χ0v) is 10.7. The lowest BCUT2D eigenvalue weighted by Gasteiger charge is -2.33. The van der Waals surface area contributed by atoms with Crippen LogP contribution in [-0.2, 0) is 4.79 Å². The van der Waals surface area contributed by atoms with E-state index in [0.717, 1.165) is 6.42 Å². The Hall–Kier alpha value is -1.06. The summed E-state index contributed by atoms with van der Waals surface area (Å²) in [5, 5.41) is 2.43. The quantitative estimate of drug-likeness (QED) is 0.730. The van der Waals surface area contributed by atoms with Crippen molar-refractivity contribution in [3.8, 4) is 0 Å². The first-order chi connectivity index (χ1) is 7.47. The number of nitrogens with one attached hydrogen (secondary N) is 1. The van der Waals surface area contributed by atoms with Crippen molar-refractivity contribution in [2.75, 3.05) is 6.54 Å². The standard InChI is InChI=1S/C12H22N2O2/c1-5-12(6-2)10(15)13-11(16)14(12)8-7-9(3)4/h9H,5-8H2,1-4H3,(H,13,15,16). The van der Waals surface area contributed by atoms with E-state index in [1.54, 1.807) is 4.90 Å². The van der Waals surface area contributed by atoms with Gasteiger partial charge >= 0.3 is 6.03 Å². The molecule has 0 bridgehead atoms. The number of carbonyl (C=O) groups excluding carboxylic acids is 2. The lowest BCUT2D eigenvalue weighted by molar-refractivity contribution is -0.127. The van der Waals surface area contributed by atoms with E-state index in [2.05, 4.69) is 19.2 Å². The maximum absolute atomic E-state index is 11.9. The first kappa shape index (κ1) is 13.0. The molecule has 0 spiro atoms. The van der Waals surface area contributed by atoms with Crippen LogP contribution in [0.15, 0.2) is 0 Å². The first-order valence-corrected chi connectivity index (χ1v) is 6.11. The molecule has 0 unspecified atom stereocenters. The average Bonchev–Trinajstić information content (AvgIpc) is 2.46. The summed E-state index contributed by atoms with van der Waals surface area (Å²) in [5.74, 6) is 0.404. The van der Waals surface area contributed by atoms with Gasteiger partial charge < -0.3 is 4.90 Å². The number of urea groups is 1. The molecule has 92 valence electrons. The molecule has 0 aromatic heterocycles. The normalized spacial score (nSPS) is 19.4. The van der Waals surface area contributed by atoms with E-state index in [0.29, 0.717) is 25.3 Å². The summed E-state index contributed by atoms with van der Waals surface area (Å²) in [5.41, 5.74) is -0.605. The van der Waals surface area contributed by atoms with Crippen molar-refractivity contribution in [2.45, 2.75) is 52.5 Å². The van der Waals surface area contributed by atoms with Gasteiger partial charge in [-0.25, -0.2) is 4.79 Å². The lowest BCUT2D eigenvalue weighted by atomic mass is 9.91. The molecule has 1 N–H and O–H groups in total. The number of hydrogen-bond acceptors (Lipinski definition) is 2. The van der Waals surface area contributed by atoms with Gasteiger partial charge in [0.05, 0.1) is 0 Å². The first-order valence-electron chi connectivity index (χ1n) is 6.11. The second-order valence-corrected chi connectivity index (χ2v) is 4.83. The van der Waals surface area contributed by atoms with Gasteiger partial charge in [-0.05, 0) is 25.2 Å². The molecule has 4 heteroatoms. The minimum Gasteiger partial charge on any atom is -0.310 e. The Morgan fingerprint density at radius 1 is 1.25 bits per heavy atom. The summed E-state index contributed by atoms with van der Waals surface area (Å²) in [6.07, 6.45) is 2.29. The molecule has 0 aliphatic carbocycles. The van der Waals surface area contributed by atoms with Crippen molar-refractivity contribution in [2.24, 2.45) is 5.92 Å². The van der Waals surface area contributed by atoms with Crippen molar-refractivity contribution >= 4 is 11.9 Å².